The van der Waals surface area contributed by atoms with E-state index in [0.29, 0.717) is 51.2 Å². The number of aliphatic hydroxyl groups excluding tert-OH is 1. The minimum Gasteiger partial charge on any atom is -0.507 e. The van der Waals surface area contributed by atoms with Gasteiger partial charge in [0.1, 0.15) is 58.2 Å². The highest BCUT2D eigenvalue weighted by Gasteiger charge is 2.69. The number of aliphatic hydroxyl groups is 1. The second-order valence-corrected chi connectivity index (χ2v) is 11.0. The average molecular weight is 601 g/mol. The molecule has 228 valence electrons. The van der Waals surface area contributed by atoms with Crippen LogP contribution >= 0.6 is 0 Å². The summed E-state index contributed by atoms with van der Waals surface area (Å²) in [7, 11) is 6.17. The molecule has 5 atom stereocenters. The van der Waals surface area contributed by atoms with Gasteiger partial charge in [-0.2, -0.15) is 0 Å². The normalized spacial score (nSPS) is 24.5. The lowest BCUT2D eigenvalue weighted by Crippen LogP contribution is -2.33. The number of epoxide rings is 1. The van der Waals surface area contributed by atoms with Gasteiger partial charge in [0.05, 0.1) is 40.5 Å². The number of phenolic OH excluding ortho intramolecular Hbond substituents is 2. The lowest BCUT2D eigenvalue weighted by molar-refractivity contribution is 0.0186. The second-order valence-electron chi connectivity index (χ2n) is 11.0. The van der Waals surface area contributed by atoms with Crippen LogP contribution in [0.15, 0.2) is 66.7 Å². The van der Waals surface area contributed by atoms with E-state index < -0.39 is 30.0 Å². The van der Waals surface area contributed by atoms with E-state index in [1.807, 2.05) is 36.4 Å². The predicted molar refractivity (Wildman–Crippen MR) is 157 cm³/mol. The molecule has 4 aromatic rings. The van der Waals surface area contributed by atoms with Gasteiger partial charge in [0.25, 0.3) is 5.79 Å². The zero-order chi connectivity index (χ0) is 30.7. The molecule has 0 radical (unpaired) electrons. The Bertz CT molecular complexity index is 1720. The Kier molecular flexibility index (Phi) is 6.64. The molecular formula is C34H32O10. The summed E-state index contributed by atoms with van der Waals surface area (Å²) in [5.41, 5.74) is 2.85. The van der Waals surface area contributed by atoms with Crippen LogP contribution in [0.4, 0.5) is 0 Å². The van der Waals surface area contributed by atoms with Gasteiger partial charge in [-0.05, 0) is 42.0 Å². The van der Waals surface area contributed by atoms with Crippen molar-refractivity contribution >= 4 is 0 Å². The van der Waals surface area contributed by atoms with Crippen LogP contribution in [0.2, 0.25) is 0 Å². The first-order valence-electron chi connectivity index (χ1n) is 14.2. The van der Waals surface area contributed by atoms with Crippen LogP contribution in [0.25, 0.3) is 0 Å². The average Bonchev–Trinajstić information content (AvgIpc) is 3.79. The molecule has 3 heterocycles. The molecule has 4 aromatic carbocycles. The van der Waals surface area contributed by atoms with Gasteiger partial charge in [0.15, 0.2) is 0 Å². The molecule has 10 nitrogen and oxygen atoms in total. The van der Waals surface area contributed by atoms with E-state index >= 15 is 0 Å². The van der Waals surface area contributed by atoms with Gasteiger partial charge in [-0.15, -0.1) is 0 Å². The van der Waals surface area contributed by atoms with E-state index in [1.54, 1.807) is 32.4 Å². The molecule has 7 rings (SSSR count). The monoisotopic (exact) mass is 600 g/mol. The molecule has 3 aliphatic heterocycles. The summed E-state index contributed by atoms with van der Waals surface area (Å²) < 4.78 is 41.2. The molecule has 10 heteroatoms. The van der Waals surface area contributed by atoms with Crippen LogP contribution in [0.5, 0.6) is 46.0 Å². The summed E-state index contributed by atoms with van der Waals surface area (Å²) in [5, 5.41) is 34.2. The highest BCUT2D eigenvalue weighted by Crippen LogP contribution is 2.65. The summed E-state index contributed by atoms with van der Waals surface area (Å²) in [6, 6.07) is 19.3. The van der Waals surface area contributed by atoms with E-state index in [9.17, 15) is 15.3 Å². The van der Waals surface area contributed by atoms with Crippen molar-refractivity contribution in [1.82, 2.24) is 0 Å². The lowest BCUT2D eigenvalue weighted by atomic mass is 9.79. The minimum atomic E-state index is -1.22. The van der Waals surface area contributed by atoms with E-state index in [-0.39, 0.29) is 17.9 Å². The fourth-order valence-electron chi connectivity index (χ4n) is 6.45. The molecule has 44 heavy (non-hydrogen) atoms. The van der Waals surface area contributed by atoms with Gasteiger partial charge >= 0.3 is 0 Å². The van der Waals surface area contributed by atoms with Crippen molar-refractivity contribution in [2.45, 2.75) is 36.4 Å². The topological polar surface area (TPSA) is 129 Å². The zero-order valence-electron chi connectivity index (χ0n) is 24.6. The second kappa shape index (κ2) is 10.4. The van der Waals surface area contributed by atoms with Gasteiger partial charge in [-0.3, -0.25) is 0 Å². The Morgan fingerprint density at radius 3 is 2.02 bits per heavy atom. The molecule has 0 unspecified atom stereocenters. The van der Waals surface area contributed by atoms with Gasteiger partial charge in [0, 0.05) is 46.9 Å². The first-order valence-corrected chi connectivity index (χ1v) is 14.2. The van der Waals surface area contributed by atoms with E-state index in [4.69, 9.17) is 33.2 Å². The Labute approximate surface area is 253 Å². The minimum absolute atomic E-state index is 0.0882. The highest BCUT2D eigenvalue weighted by atomic mass is 16.8. The number of rotatable bonds is 7. The molecule has 0 aromatic heterocycles. The largest absolute Gasteiger partial charge is 0.507 e. The van der Waals surface area contributed by atoms with Crippen LogP contribution in [-0.4, -0.2) is 56.0 Å². The van der Waals surface area contributed by atoms with Crippen LogP contribution < -0.4 is 28.4 Å². The zero-order valence-corrected chi connectivity index (χ0v) is 24.6. The summed E-state index contributed by atoms with van der Waals surface area (Å²) in [6.45, 7) is 0. The van der Waals surface area contributed by atoms with Crippen molar-refractivity contribution in [1.29, 1.82) is 0 Å². The van der Waals surface area contributed by atoms with Gasteiger partial charge in [-0.25, -0.2) is 0 Å². The third kappa shape index (κ3) is 4.24. The Morgan fingerprint density at radius 1 is 0.750 bits per heavy atom. The number of phenols is 2. The first kappa shape index (κ1) is 28.0. The highest BCUT2D eigenvalue weighted by molar-refractivity contribution is 5.67. The van der Waals surface area contributed by atoms with E-state index in [2.05, 4.69) is 0 Å². The molecule has 0 bridgehead atoms. The van der Waals surface area contributed by atoms with E-state index in [0.717, 1.165) is 11.1 Å². The van der Waals surface area contributed by atoms with Gasteiger partial charge in [-0.1, -0.05) is 12.1 Å². The molecular weight excluding hydrogens is 568 g/mol. The fourth-order valence-corrected chi connectivity index (χ4v) is 6.45. The summed E-state index contributed by atoms with van der Waals surface area (Å²) in [4.78, 5) is 0. The fraction of sp³-hybridized carbons (Fsp3) is 0.294. The molecule has 1 fully saturated rings. The Balaban J connectivity index is 1.41. The van der Waals surface area contributed by atoms with Gasteiger partial charge in [0.2, 0.25) is 0 Å². The van der Waals surface area contributed by atoms with Crippen molar-refractivity contribution in [3.63, 3.8) is 0 Å². The molecule has 0 saturated carbocycles. The third-order valence-electron chi connectivity index (χ3n) is 8.66. The molecule has 3 N–H and O–H groups in total. The van der Waals surface area contributed by atoms with Crippen molar-refractivity contribution in [2.75, 3.05) is 28.4 Å². The molecule has 3 aliphatic rings. The van der Waals surface area contributed by atoms with Gasteiger partial charge < -0.3 is 48.5 Å². The van der Waals surface area contributed by atoms with Crippen LogP contribution in [0, 0.1) is 0 Å². The summed E-state index contributed by atoms with van der Waals surface area (Å²) in [6.07, 6.45) is -2.12. The molecule has 1 saturated heterocycles. The maximum absolute atomic E-state index is 11.6. The maximum Gasteiger partial charge on any atom is 0.265 e. The summed E-state index contributed by atoms with van der Waals surface area (Å²) >= 11 is 0. The quantitative estimate of drug-likeness (QED) is 0.251. The third-order valence-corrected chi connectivity index (χ3v) is 8.66. The molecule has 0 amide bonds. The SMILES string of the molecule is COc1ccc([C@H]2Oc3c(c(OC)cc(O)c3[C@H]3c4c(O)cc(OC)cc4O[C@]4(c5ccc(OC)cc5)O[C@H]34)C[C@@H]2O)cc1. The Hall–Kier alpha value is -4.80. The van der Waals surface area contributed by atoms with Crippen molar-refractivity contribution in [3.05, 3.63) is 94.5 Å². The number of aromatic hydroxyl groups is 2. The lowest BCUT2D eigenvalue weighted by Gasteiger charge is -2.36. The van der Waals surface area contributed by atoms with Crippen LogP contribution in [-0.2, 0) is 16.9 Å². The number of hydrogen-bond acceptors (Lipinski definition) is 10. The van der Waals surface area contributed by atoms with Crippen LogP contribution in [0.1, 0.15) is 39.8 Å². The number of benzene rings is 4. The summed E-state index contributed by atoms with van der Waals surface area (Å²) in [5.74, 6) is 0.638. The molecule has 0 aliphatic carbocycles. The van der Waals surface area contributed by atoms with Crippen LogP contribution in [0.3, 0.4) is 0 Å². The van der Waals surface area contributed by atoms with Crippen molar-refractivity contribution in [2.24, 2.45) is 0 Å². The van der Waals surface area contributed by atoms with Crippen molar-refractivity contribution in [3.8, 4) is 46.0 Å². The predicted octanol–water partition coefficient (Wildman–Crippen LogP) is 4.95. The number of hydrogen-bond donors (Lipinski definition) is 3. The maximum atomic E-state index is 11.6. The Morgan fingerprint density at radius 2 is 1.39 bits per heavy atom. The van der Waals surface area contributed by atoms with E-state index in [1.165, 1.54) is 26.4 Å². The molecule has 0 spiro atoms. The number of ether oxygens (including phenoxy) is 7. The number of methoxy groups -OCH3 is 4. The smallest absolute Gasteiger partial charge is 0.265 e. The first-order chi connectivity index (χ1) is 21.3. The van der Waals surface area contributed by atoms with Crippen molar-refractivity contribution < 1.29 is 48.5 Å². The number of fused-ring (bicyclic) bond motifs is 3. The standard InChI is InChI=1S/C34H32O10/c1-38-19-9-5-17(6-10-19)31-25(37)15-22-26(41-4)16-24(36)29(32(22)42-31)30-28-23(35)13-21(40-3)14-27(28)43-34(33(30)44-34)18-7-11-20(39-2)12-8-18/h5-14,16,25,30-31,33,35-37H,15H2,1-4H3/t25-,30+,31+,33+,34+/m0/s1.